The van der Waals surface area contributed by atoms with E-state index in [1.807, 2.05) is 0 Å². The first-order chi connectivity index (χ1) is 18.2. The Kier molecular flexibility index (Phi) is 7.33. The number of carbonyl (C=O) groups excluding carboxylic acids is 1. The number of ether oxygens (including phenoxy) is 4. The molecular formula is C28H26O10. The third-order valence-electron chi connectivity index (χ3n) is 6.23. The maximum absolute atomic E-state index is 13.2. The van der Waals surface area contributed by atoms with Crippen LogP contribution in [0.3, 0.4) is 0 Å². The number of phenols is 3. The normalized spacial score (nSPS) is 11.7. The summed E-state index contributed by atoms with van der Waals surface area (Å²) in [5.74, 6) is -3.32. The number of carbonyl (C=O) groups is 1. The van der Waals surface area contributed by atoms with Crippen molar-refractivity contribution in [1.29, 1.82) is 0 Å². The maximum atomic E-state index is 13.2. The molecule has 0 saturated carbocycles. The molecule has 1 atom stereocenters. The second-order valence-electron chi connectivity index (χ2n) is 8.30. The number of methoxy groups -OCH3 is 4. The van der Waals surface area contributed by atoms with Gasteiger partial charge in [0.15, 0.2) is 28.4 Å². The third kappa shape index (κ3) is 4.52. The fraction of sp³-hybridized carbons (Fsp3) is 0.214. The van der Waals surface area contributed by atoms with Crippen LogP contribution >= 0.6 is 0 Å². The SMILES string of the molecule is COC(=O)CC(c1cc(OC)c(OC)c(OC)c1)c1c(O)c(O)c(O)c2c(=O)cc(-c3ccccc3)oc12. The number of fused-ring (bicyclic) bond motifs is 1. The zero-order valence-corrected chi connectivity index (χ0v) is 21.1. The lowest BCUT2D eigenvalue weighted by molar-refractivity contribution is -0.140. The topological polar surface area (TPSA) is 145 Å². The van der Waals surface area contributed by atoms with Crippen molar-refractivity contribution in [3.05, 3.63) is 69.9 Å². The number of benzene rings is 3. The molecule has 0 radical (unpaired) electrons. The van der Waals surface area contributed by atoms with Gasteiger partial charge in [-0.05, 0) is 17.7 Å². The number of hydrogen-bond acceptors (Lipinski definition) is 10. The van der Waals surface area contributed by atoms with Gasteiger partial charge in [0.1, 0.15) is 16.7 Å². The standard InChI is InChI=1S/C28H26O10/c1-34-19-10-15(11-20(35-2)27(19)37-4)16(12-21(30)36-3)22-24(31)26(33)25(32)23-17(29)13-18(38-28(22)23)14-8-6-5-7-9-14/h5-11,13,16,31-33H,12H2,1-4H3. The fourth-order valence-electron chi connectivity index (χ4n) is 4.38. The van der Waals surface area contributed by atoms with E-state index in [4.69, 9.17) is 23.4 Å². The zero-order chi connectivity index (χ0) is 27.6. The largest absolute Gasteiger partial charge is 0.504 e. The first kappa shape index (κ1) is 26.2. The van der Waals surface area contributed by atoms with Crippen molar-refractivity contribution in [1.82, 2.24) is 0 Å². The molecule has 0 aliphatic rings. The van der Waals surface area contributed by atoms with Crippen molar-refractivity contribution in [2.75, 3.05) is 28.4 Å². The van der Waals surface area contributed by atoms with E-state index in [0.29, 0.717) is 11.1 Å². The van der Waals surface area contributed by atoms with Crippen LogP contribution in [0.4, 0.5) is 0 Å². The number of esters is 1. The van der Waals surface area contributed by atoms with Gasteiger partial charge >= 0.3 is 5.97 Å². The highest BCUT2D eigenvalue weighted by Crippen LogP contribution is 2.51. The summed E-state index contributed by atoms with van der Waals surface area (Å²) in [6.45, 7) is 0. The van der Waals surface area contributed by atoms with E-state index in [0.717, 1.165) is 0 Å². The van der Waals surface area contributed by atoms with Crippen molar-refractivity contribution >= 4 is 16.9 Å². The van der Waals surface area contributed by atoms with Crippen molar-refractivity contribution in [3.63, 3.8) is 0 Å². The van der Waals surface area contributed by atoms with Crippen LogP contribution in [0, 0.1) is 0 Å². The lowest BCUT2D eigenvalue weighted by atomic mass is 9.85. The van der Waals surface area contributed by atoms with Gasteiger partial charge in [0, 0.05) is 23.1 Å². The van der Waals surface area contributed by atoms with E-state index in [-0.39, 0.29) is 46.0 Å². The smallest absolute Gasteiger partial charge is 0.306 e. The minimum Gasteiger partial charge on any atom is -0.504 e. The van der Waals surface area contributed by atoms with Gasteiger partial charge in [0.05, 0.1) is 34.9 Å². The van der Waals surface area contributed by atoms with Gasteiger partial charge in [0.25, 0.3) is 0 Å². The highest BCUT2D eigenvalue weighted by Gasteiger charge is 2.32. The summed E-state index contributed by atoms with van der Waals surface area (Å²) < 4.78 is 27.3. The van der Waals surface area contributed by atoms with Gasteiger partial charge in [-0.25, -0.2) is 0 Å². The third-order valence-corrected chi connectivity index (χ3v) is 6.23. The van der Waals surface area contributed by atoms with Crippen LogP contribution in [0.1, 0.15) is 23.5 Å². The molecule has 0 bridgehead atoms. The van der Waals surface area contributed by atoms with E-state index in [9.17, 15) is 24.9 Å². The molecule has 10 heteroatoms. The molecule has 0 fully saturated rings. The molecule has 3 aromatic carbocycles. The highest BCUT2D eigenvalue weighted by atomic mass is 16.5. The molecular weight excluding hydrogens is 496 g/mol. The maximum Gasteiger partial charge on any atom is 0.306 e. The van der Waals surface area contributed by atoms with Gasteiger partial charge in [-0.1, -0.05) is 30.3 Å². The molecule has 0 aliphatic carbocycles. The van der Waals surface area contributed by atoms with E-state index < -0.39 is 34.6 Å². The summed E-state index contributed by atoms with van der Waals surface area (Å²) in [6.07, 6.45) is -0.346. The second-order valence-corrected chi connectivity index (χ2v) is 8.30. The Morgan fingerprint density at radius 2 is 1.50 bits per heavy atom. The van der Waals surface area contributed by atoms with Gasteiger partial charge in [-0.2, -0.15) is 0 Å². The predicted octanol–water partition coefficient (Wildman–Crippen LogP) is 4.30. The van der Waals surface area contributed by atoms with Gasteiger partial charge in [-0.3, -0.25) is 9.59 Å². The fourth-order valence-corrected chi connectivity index (χ4v) is 4.38. The van der Waals surface area contributed by atoms with Crippen LogP contribution in [0.5, 0.6) is 34.5 Å². The summed E-state index contributed by atoms with van der Waals surface area (Å²) >= 11 is 0. The van der Waals surface area contributed by atoms with Crippen molar-refractivity contribution < 1.29 is 43.5 Å². The molecule has 198 valence electrons. The molecule has 38 heavy (non-hydrogen) atoms. The lowest BCUT2D eigenvalue weighted by Gasteiger charge is -2.23. The summed E-state index contributed by atoms with van der Waals surface area (Å²) in [4.78, 5) is 25.7. The number of rotatable bonds is 8. The van der Waals surface area contributed by atoms with Crippen LogP contribution < -0.4 is 19.6 Å². The van der Waals surface area contributed by atoms with E-state index in [1.54, 1.807) is 42.5 Å². The molecule has 4 rings (SSSR count). The first-order valence-electron chi connectivity index (χ1n) is 11.4. The molecule has 1 unspecified atom stereocenters. The second kappa shape index (κ2) is 10.6. The first-order valence-corrected chi connectivity index (χ1v) is 11.4. The minimum atomic E-state index is -1.06. The van der Waals surface area contributed by atoms with Crippen LogP contribution in [0.2, 0.25) is 0 Å². The Hall–Kier alpha value is -4.86. The molecule has 0 amide bonds. The number of aromatic hydroxyl groups is 3. The lowest BCUT2D eigenvalue weighted by Crippen LogP contribution is -2.13. The molecule has 10 nitrogen and oxygen atoms in total. The van der Waals surface area contributed by atoms with Crippen molar-refractivity contribution in [3.8, 4) is 45.8 Å². The predicted molar refractivity (Wildman–Crippen MR) is 137 cm³/mol. The highest BCUT2D eigenvalue weighted by molar-refractivity contribution is 5.93. The van der Waals surface area contributed by atoms with Crippen molar-refractivity contribution in [2.45, 2.75) is 12.3 Å². The molecule has 0 spiro atoms. The van der Waals surface area contributed by atoms with Crippen LogP contribution in [-0.2, 0) is 9.53 Å². The Morgan fingerprint density at radius 1 is 0.868 bits per heavy atom. The van der Waals surface area contributed by atoms with E-state index in [1.165, 1.54) is 34.5 Å². The average Bonchev–Trinajstić information content (AvgIpc) is 2.94. The Labute approximate surface area is 217 Å². The number of phenolic OH excluding ortho intramolecular Hbond substituents is 3. The van der Waals surface area contributed by atoms with Crippen LogP contribution in [0.25, 0.3) is 22.3 Å². The van der Waals surface area contributed by atoms with E-state index in [2.05, 4.69) is 0 Å². The summed E-state index contributed by atoms with van der Waals surface area (Å²) in [7, 11) is 5.47. The van der Waals surface area contributed by atoms with Crippen molar-refractivity contribution in [2.24, 2.45) is 0 Å². The van der Waals surface area contributed by atoms with Gasteiger partial charge < -0.3 is 38.7 Å². The number of hydrogen-bond donors (Lipinski definition) is 3. The minimum absolute atomic E-state index is 0.121. The van der Waals surface area contributed by atoms with Crippen LogP contribution in [-0.4, -0.2) is 49.7 Å². The molecule has 0 saturated heterocycles. The van der Waals surface area contributed by atoms with Gasteiger partial charge in [0.2, 0.25) is 11.5 Å². The summed E-state index contributed by atoms with van der Waals surface area (Å²) in [6, 6.07) is 13.0. The molecule has 1 aromatic heterocycles. The molecule has 3 N–H and O–H groups in total. The molecule has 0 aliphatic heterocycles. The monoisotopic (exact) mass is 522 g/mol. The van der Waals surface area contributed by atoms with E-state index >= 15 is 0 Å². The van der Waals surface area contributed by atoms with Gasteiger partial charge in [-0.15, -0.1) is 0 Å². The summed E-state index contributed by atoms with van der Waals surface area (Å²) in [5.41, 5.74) is -0.0707. The Bertz CT molecular complexity index is 1530. The van der Waals surface area contributed by atoms with Crippen LogP contribution in [0.15, 0.2) is 57.7 Å². The Morgan fingerprint density at radius 3 is 2.05 bits per heavy atom. The average molecular weight is 523 g/mol. The summed E-state index contributed by atoms with van der Waals surface area (Å²) in [5, 5.41) is 31.9. The Balaban J connectivity index is 2.12. The quantitative estimate of drug-likeness (QED) is 0.226. The molecule has 1 heterocycles. The molecule has 4 aromatic rings. The zero-order valence-electron chi connectivity index (χ0n) is 21.1.